The van der Waals surface area contributed by atoms with Gasteiger partial charge in [0.1, 0.15) is 0 Å². The van der Waals surface area contributed by atoms with Crippen molar-refractivity contribution in [3.8, 4) is 0 Å². The van der Waals surface area contributed by atoms with Crippen LogP contribution in [0.15, 0.2) is 12.3 Å². The average Bonchev–Trinajstić information content (AvgIpc) is 2.25. The zero-order valence-corrected chi connectivity index (χ0v) is 12.9. The van der Waals surface area contributed by atoms with Crippen LogP contribution in [0.5, 0.6) is 0 Å². The van der Waals surface area contributed by atoms with Gasteiger partial charge in [0.2, 0.25) is 0 Å². The summed E-state index contributed by atoms with van der Waals surface area (Å²) in [6, 6.07) is 0. The number of rotatable bonds is 0. The molecule has 1 nitrogen and oxygen atoms in total. The van der Waals surface area contributed by atoms with Crippen LogP contribution in [0.2, 0.25) is 0 Å². The molecular weight excluding hydrogens is 206 g/mol. The van der Waals surface area contributed by atoms with E-state index in [0.29, 0.717) is 10.8 Å². The number of hydrogen-bond acceptors (Lipinski definition) is 1. The van der Waals surface area contributed by atoms with Crippen LogP contribution < -0.4 is 0 Å². The average molecular weight is 237 g/mol. The summed E-state index contributed by atoms with van der Waals surface area (Å²) in [6.45, 7) is 19.8. The second kappa shape index (κ2) is 4.66. The van der Waals surface area contributed by atoms with Crippen LogP contribution in [-0.2, 0) is 0 Å². The lowest BCUT2D eigenvalue weighted by Crippen LogP contribution is -2.35. The largest absolute Gasteiger partial charge is 0.378 e. The van der Waals surface area contributed by atoms with Crippen LogP contribution in [0.1, 0.15) is 54.4 Å². The molecule has 0 bridgehead atoms. The fraction of sp³-hybridized carbons (Fsp3) is 0.875. The molecule has 1 fully saturated rings. The first-order valence-electron chi connectivity index (χ1n) is 6.92. The third kappa shape index (κ3) is 3.50. The molecule has 0 aliphatic carbocycles. The Morgan fingerprint density at radius 3 is 1.88 bits per heavy atom. The highest BCUT2D eigenvalue weighted by atomic mass is 15.1. The number of likely N-dealkylation sites (tertiary alicyclic amines) is 1. The maximum absolute atomic E-state index is 4.26. The van der Waals surface area contributed by atoms with Crippen LogP contribution in [0.4, 0.5) is 0 Å². The summed E-state index contributed by atoms with van der Waals surface area (Å²) in [4.78, 5) is 2.35. The molecule has 0 N–H and O–H groups in total. The van der Waals surface area contributed by atoms with E-state index in [0.717, 1.165) is 24.8 Å². The monoisotopic (exact) mass is 237 g/mol. The summed E-state index contributed by atoms with van der Waals surface area (Å²) in [6.07, 6.45) is 2.45. The highest BCUT2D eigenvalue weighted by molar-refractivity contribution is 5.02. The van der Waals surface area contributed by atoms with Crippen molar-refractivity contribution in [2.24, 2.45) is 22.7 Å². The molecule has 1 heteroatoms. The van der Waals surface area contributed by atoms with Crippen LogP contribution in [0.3, 0.4) is 0 Å². The minimum atomic E-state index is 0.367. The maximum Gasteiger partial charge on any atom is 0.0174 e. The second-order valence-corrected chi connectivity index (χ2v) is 7.93. The van der Waals surface area contributed by atoms with Crippen molar-refractivity contribution in [1.82, 2.24) is 4.90 Å². The number of nitrogens with zero attached hydrogens (tertiary/aromatic N) is 1. The van der Waals surface area contributed by atoms with Crippen molar-refractivity contribution in [2.45, 2.75) is 54.4 Å². The van der Waals surface area contributed by atoms with Crippen LogP contribution >= 0.6 is 0 Å². The standard InChI is InChI=1S/C16H31N/c1-12-11-14(16(5,6)7)13(15(2,3)4)9-10-17(12)8/h13-14H,1,9-11H2,2-8H3. The first-order chi connectivity index (χ1) is 7.53. The van der Waals surface area contributed by atoms with Crippen molar-refractivity contribution in [3.63, 3.8) is 0 Å². The maximum atomic E-state index is 4.26. The van der Waals surface area contributed by atoms with Crippen LogP contribution in [0.25, 0.3) is 0 Å². The molecule has 1 rings (SSSR count). The Bertz CT molecular complexity index is 277. The highest BCUT2D eigenvalue weighted by Crippen LogP contribution is 2.47. The Morgan fingerprint density at radius 1 is 1.00 bits per heavy atom. The van der Waals surface area contributed by atoms with Gasteiger partial charge < -0.3 is 4.90 Å². The molecule has 17 heavy (non-hydrogen) atoms. The first kappa shape index (κ1) is 14.6. The molecule has 0 spiro atoms. The molecule has 0 radical (unpaired) electrons. The van der Waals surface area contributed by atoms with E-state index in [1.54, 1.807) is 0 Å². The lowest BCUT2D eigenvalue weighted by atomic mass is 9.62. The van der Waals surface area contributed by atoms with Crippen molar-refractivity contribution >= 4 is 0 Å². The molecule has 100 valence electrons. The fourth-order valence-corrected chi connectivity index (χ4v) is 3.19. The van der Waals surface area contributed by atoms with E-state index in [9.17, 15) is 0 Å². The zero-order valence-electron chi connectivity index (χ0n) is 12.9. The topological polar surface area (TPSA) is 3.24 Å². The van der Waals surface area contributed by atoms with Gasteiger partial charge in [-0.2, -0.15) is 0 Å². The SMILES string of the molecule is C=C1CC(C(C)(C)C)C(C(C)(C)C)CCN1C. The molecule has 0 aromatic carbocycles. The third-order valence-electron chi connectivity index (χ3n) is 4.48. The molecule has 0 amide bonds. The van der Waals surface area contributed by atoms with Gasteiger partial charge in [0.25, 0.3) is 0 Å². The summed E-state index contributed by atoms with van der Waals surface area (Å²) in [5.41, 5.74) is 2.08. The van der Waals surface area contributed by atoms with Gasteiger partial charge in [0, 0.05) is 19.3 Å². The zero-order chi connectivity index (χ0) is 13.4. The Morgan fingerprint density at radius 2 is 1.47 bits per heavy atom. The molecule has 0 aromatic rings. The van der Waals surface area contributed by atoms with Gasteiger partial charge >= 0.3 is 0 Å². The summed E-state index contributed by atoms with van der Waals surface area (Å²) in [5, 5.41) is 0. The summed E-state index contributed by atoms with van der Waals surface area (Å²) < 4.78 is 0. The molecule has 1 heterocycles. The Kier molecular flexibility index (Phi) is 4.01. The molecular formula is C16H31N. The van der Waals surface area contributed by atoms with Gasteiger partial charge in [-0.15, -0.1) is 0 Å². The smallest absolute Gasteiger partial charge is 0.0174 e. The van der Waals surface area contributed by atoms with Crippen molar-refractivity contribution in [1.29, 1.82) is 0 Å². The van der Waals surface area contributed by atoms with Crippen molar-refractivity contribution in [2.75, 3.05) is 13.6 Å². The van der Waals surface area contributed by atoms with E-state index in [1.807, 2.05) is 0 Å². The van der Waals surface area contributed by atoms with Crippen LogP contribution in [-0.4, -0.2) is 18.5 Å². The van der Waals surface area contributed by atoms with Gasteiger partial charge in [0.15, 0.2) is 0 Å². The van der Waals surface area contributed by atoms with Gasteiger partial charge in [0.05, 0.1) is 0 Å². The quantitative estimate of drug-likeness (QED) is 0.597. The normalized spacial score (nSPS) is 28.2. The van der Waals surface area contributed by atoms with Gasteiger partial charge in [-0.05, 0) is 35.5 Å². The molecule has 2 atom stereocenters. The lowest BCUT2D eigenvalue weighted by Gasteiger charge is -2.42. The summed E-state index contributed by atoms with van der Waals surface area (Å²) >= 11 is 0. The molecule has 0 saturated carbocycles. The Hall–Kier alpha value is -0.460. The van der Waals surface area contributed by atoms with E-state index in [-0.39, 0.29) is 0 Å². The van der Waals surface area contributed by atoms with E-state index in [4.69, 9.17) is 0 Å². The lowest BCUT2D eigenvalue weighted by molar-refractivity contribution is 0.0710. The molecule has 1 aliphatic heterocycles. The molecule has 1 aliphatic rings. The minimum absolute atomic E-state index is 0.367. The predicted molar refractivity (Wildman–Crippen MR) is 76.9 cm³/mol. The highest BCUT2D eigenvalue weighted by Gasteiger charge is 2.40. The van der Waals surface area contributed by atoms with E-state index >= 15 is 0 Å². The van der Waals surface area contributed by atoms with Gasteiger partial charge in [-0.3, -0.25) is 0 Å². The molecule has 2 unspecified atom stereocenters. The summed E-state index contributed by atoms with van der Waals surface area (Å²) in [5.74, 6) is 1.52. The van der Waals surface area contributed by atoms with Crippen molar-refractivity contribution < 1.29 is 0 Å². The van der Waals surface area contributed by atoms with E-state index in [1.165, 1.54) is 12.1 Å². The van der Waals surface area contributed by atoms with E-state index in [2.05, 4.69) is 60.1 Å². The predicted octanol–water partition coefficient (Wildman–Crippen LogP) is 4.55. The fourth-order valence-electron chi connectivity index (χ4n) is 3.19. The van der Waals surface area contributed by atoms with Crippen LogP contribution in [0, 0.1) is 22.7 Å². The minimum Gasteiger partial charge on any atom is -0.378 e. The Balaban J connectivity index is 3.03. The molecule has 1 saturated heterocycles. The summed E-state index contributed by atoms with van der Waals surface area (Å²) in [7, 11) is 2.19. The van der Waals surface area contributed by atoms with Gasteiger partial charge in [-0.25, -0.2) is 0 Å². The second-order valence-electron chi connectivity index (χ2n) is 7.93. The number of hydrogen-bond donors (Lipinski definition) is 0. The molecule has 0 aromatic heterocycles. The van der Waals surface area contributed by atoms with Gasteiger partial charge in [-0.1, -0.05) is 48.1 Å². The first-order valence-corrected chi connectivity index (χ1v) is 6.92. The van der Waals surface area contributed by atoms with E-state index < -0.39 is 0 Å². The number of allylic oxidation sites excluding steroid dienone is 1. The van der Waals surface area contributed by atoms with Crippen molar-refractivity contribution in [3.05, 3.63) is 12.3 Å². The Labute approximate surface area is 108 Å². The third-order valence-corrected chi connectivity index (χ3v) is 4.48.